The van der Waals surface area contributed by atoms with Crippen molar-refractivity contribution in [2.24, 2.45) is 11.8 Å². The summed E-state index contributed by atoms with van der Waals surface area (Å²) in [4.78, 5) is 0. The van der Waals surface area contributed by atoms with E-state index < -0.39 is 5.60 Å². The molecule has 2 unspecified atom stereocenters. The molecule has 1 heterocycles. The van der Waals surface area contributed by atoms with Crippen LogP contribution in [0.5, 0.6) is 0 Å². The van der Waals surface area contributed by atoms with E-state index in [0.29, 0.717) is 18.3 Å². The van der Waals surface area contributed by atoms with Crippen molar-refractivity contribution in [3.63, 3.8) is 0 Å². The van der Waals surface area contributed by atoms with Gasteiger partial charge >= 0.3 is 0 Å². The van der Waals surface area contributed by atoms with E-state index in [0.717, 1.165) is 25.0 Å². The second-order valence-corrected chi connectivity index (χ2v) is 5.58. The molecule has 0 aliphatic heterocycles. The van der Waals surface area contributed by atoms with Crippen molar-refractivity contribution in [3.05, 3.63) is 24.2 Å². The van der Waals surface area contributed by atoms with Gasteiger partial charge < -0.3 is 9.52 Å². The van der Waals surface area contributed by atoms with Crippen LogP contribution in [0.1, 0.15) is 45.3 Å². The number of hydrogen-bond acceptors (Lipinski definition) is 2. The monoisotopic (exact) mass is 222 g/mol. The van der Waals surface area contributed by atoms with Gasteiger partial charge in [0.2, 0.25) is 0 Å². The molecule has 16 heavy (non-hydrogen) atoms. The fourth-order valence-corrected chi connectivity index (χ4v) is 2.85. The Kier molecular flexibility index (Phi) is 3.38. The number of hydrogen-bond donors (Lipinski definition) is 1. The van der Waals surface area contributed by atoms with Crippen molar-refractivity contribution in [2.75, 3.05) is 0 Å². The Morgan fingerprint density at radius 1 is 1.56 bits per heavy atom. The molecule has 90 valence electrons. The Hall–Kier alpha value is -0.760. The Bertz CT molecular complexity index is 315. The molecular weight excluding hydrogens is 200 g/mol. The summed E-state index contributed by atoms with van der Waals surface area (Å²) in [5.74, 6) is 2.24. The molecule has 1 fully saturated rings. The summed E-state index contributed by atoms with van der Waals surface area (Å²) in [6.07, 6.45) is 6.59. The Morgan fingerprint density at radius 2 is 2.38 bits per heavy atom. The Morgan fingerprint density at radius 3 is 3.00 bits per heavy atom. The van der Waals surface area contributed by atoms with Gasteiger partial charge in [0.1, 0.15) is 5.76 Å². The molecule has 1 saturated carbocycles. The molecule has 2 atom stereocenters. The smallest absolute Gasteiger partial charge is 0.106 e. The predicted octanol–water partition coefficient (Wildman–Crippen LogP) is 3.40. The van der Waals surface area contributed by atoms with Gasteiger partial charge in [0.25, 0.3) is 0 Å². The van der Waals surface area contributed by atoms with Gasteiger partial charge in [0.05, 0.1) is 11.9 Å². The van der Waals surface area contributed by atoms with E-state index in [1.807, 2.05) is 12.1 Å². The fourth-order valence-electron chi connectivity index (χ4n) is 2.85. The molecular formula is C14H22O2. The third kappa shape index (κ3) is 2.67. The zero-order chi connectivity index (χ0) is 11.6. The van der Waals surface area contributed by atoms with Crippen LogP contribution in [0.25, 0.3) is 0 Å². The van der Waals surface area contributed by atoms with E-state index in [1.54, 1.807) is 6.26 Å². The summed E-state index contributed by atoms with van der Waals surface area (Å²) in [6.45, 7) is 4.51. The highest BCUT2D eigenvalue weighted by atomic mass is 16.3. The summed E-state index contributed by atoms with van der Waals surface area (Å²) in [5, 5.41) is 10.6. The van der Waals surface area contributed by atoms with Crippen LogP contribution in [0.4, 0.5) is 0 Å². The van der Waals surface area contributed by atoms with Crippen LogP contribution < -0.4 is 0 Å². The van der Waals surface area contributed by atoms with Gasteiger partial charge in [-0.1, -0.05) is 20.3 Å². The van der Waals surface area contributed by atoms with Gasteiger partial charge in [-0.3, -0.25) is 0 Å². The predicted molar refractivity (Wildman–Crippen MR) is 64.2 cm³/mol. The van der Waals surface area contributed by atoms with Gasteiger partial charge in [-0.05, 0) is 43.2 Å². The summed E-state index contributed by atoms with van der Waals surface area (Å²) >= 11 is 0. The summed E-state index contributed by atoms with van der Waals surface area (Å²) < 4.78 is 5.34. The highest BCUT2D eigenvalue weighted by Crippen LogP contribution is 2.38. The lowest BCUT2D eigenvalue weighted by molar-refractivity contribution is -0.0273. The average Bonchev–Trinajstić information content (AvgIpc) is 2.69. The molecule has 0 spiro atoms. The third-order valence-corrected chi connectivity index (χ3v) is 3.89. The van der Waals surface area contributed by atoms with Crippen LogP contribution in [0.2, 0.25) is 0 Å². The highest BCUT2D eigenvalue weighted by Gasteiger charge is 2.36. The molecule has 0 saturated heterocycles. The van der Waals surface area contributed by atoms with Gasteiger partial charge in [-0.15, -0.1) is 0 Å². The zero-order valence-electron chi connectivity index (χ0n) is 10.3. The van der Waals surface area contributed by atoms with E-state index in [-0.39, 0.29) is 0 Å². The average molecular weight is 222 g/mol. The molecule has 1 aromatic heterocycles. The maximum atomic E-state index is 10.6. The van der Waals surface area contributed by atoms with Crippen LogP contribution in [-0.4, -0.2) is 10.7 Å². The second-order valence-electron chi connectivity index (χ2n) is 5.58. The third-order valence-electron chi connectivity index (χ3n) is 3.89. The van der Waals surface area contributed by atoms with Crippen LogP contribution in [-0.2, 0) is 6.42 Å². The first kappa shape index (κ1) is 11.7. The standard InChI is InChI=1S/C14H22O2/c1-11(2)12-5-3-7-14(15,9-12)10-13-6-4-8-16-13/h4,6,8,11-12,15H,3,5,7,9-10H2,1-2H3. The molecule has 2 nitrogen and oxygen atoms in total. The Labute approximate surface area is 97.7 Å². The van der Waals surface area contributed by atoms with E-state index in [1.165, 1.54) is 6.42 Å². The molecule has 1 aliphatic rings. The zero-order valence-corrected chi connectivity index (χ0v) is 10.3. The van der Waals surface area contributed by atoms with Crippen molar-refractivity contribution in [2.45, 2.75) is 51.6 Å². The van der Waals surface area contributed by atoms with Gasteiger partial charge in [-0.2, -0.15) is 0 Å². The summed E-state index contributed by atoms with van der Waals surface area (Å²) in [5.41, 5.74) is -0.537. The molecule has 1 aromatic rings. The Balaban J connectivity index is 2.01. The van der Waals surface area contributed by atoms with Gasteiger partial charge in [0, 0.05) is 6.42 Å². The van der Waals surface area contributed by atoms with Crippen molar-refractivity contribution in [3.8, 4) is 0 Å². The van der Waals surface area contributed by atoms with Crippen LogP contribution in [0, 0.1) is 11.8 Å². The lowest BCUT2D eigenvalue weighted by Gasteiger charge is -2.38. The largest absolute Gasteiger partial charge is 0.469 e. The van der Waals surface area contributed by atoms with Gasteiger partial charge in [-0.25, -0.2) is 0 Å². The molecule has 2 rings (SSSR count). The maximum Gasteiger partial charge on any atom is 0.106 e. The van der Waals surface area contributed by atoms with Crippen molar-refractivity contribution >= 4 is 0 Å². The van der Waals surface area contributed by atoms with E-state index in [9.17, 15) is 5.11 Å². The quantitative estimate of drug-likeness (QED) is 0.850. The lowest BCUT2D eigenvalue weighted by Crippen LogP contribution is -2.38. The van der Waals surface area contributed by atoms with Gasteiger partial charge in [0.15, 0.2) is 0 Å². The minimum atomic E-state index is -0.537. The molecule has 1 aliphatic carbocycles. The topological polar surface area (TPSA) is 33.4 Å². The van der Waals surface area contributed by atoms with E-state index >= 15 is 0 Å². The molecule has 0 amide bonds. The number of furan rings is 1. The molecule has 0 aromatic carbocycles. The number of rotatable bonds is 3. The first-order valence-electron chi connectivity index (χ1n) is 6.34. The maximum absolute atomic E-state index is 10.6. The summed E-state index contributed by atoms with van der Waals surface area (Å²) in [6, 6.07) is 3.85. The molecule has 0 bridgehead atoms. The molecule has 0 radical (unpaired) electrons. The SMILES string of the molecule is CC(C)C1CCCC(O)(Cc2ccco2)C1. The first-order valence-corrected chi connectivity index (χ1v) is 6.34. The normalized spacial score (nSPS) is 30.9. The minimum absolute atomic E-state index is 0.537. The minimum Gasteiger partial charge on any atom is -0.469 e. The second kappa shape index (κ2) is 4.62. The van der Waals surface area contributed by atoms with Crippen LogP contribution >= 0.6 is 0 Å². The fraction of sp³-hybridized carbons (Fsp3) is 0.714. The number of aliphatic hydroxyl groups is 1. The van der Waals surface area contributed by atoms with E-state index in [4.69, 9.17) is 4.42 Å². The highest BCUT2D eigenvalue weighted by molar-refractivity contribution is 5.04. The van der Waals surface area contributed by atoms with Crippen LogP contribution in [0.15, 0.2) is 22.8 Å². The molecule has 2 heteroatoms. The van der Waals surface area contributed by atoms with Crippen molar-refractivity contribution in [1.82, 2.24) is 0 Å². The first-order chi connectivity index (χ1) is 7.59. The molecule has 1 N–H and O–H groups in total. The lowest BCUT2D eigenvalue weighted by atomic mass is 9.72. The van der Waals surface area contributed by atoms with Crippen LogP contribution in [0.3, 0.4) is 0 Å². The summed E-state index contributed by atoms with van der Waals surface area (Å²) in [7, 11) is 0. The van der Waals surface area contributed by atoms with Crippen molar-refractivity contribution in [1.29, 1.82) is 0 Å². The van der Waals surface area contributed by atoms with Crippen molar-refractivity contribution < 1.29 is 9.52 Å². The van der Waals surface area contributed by atoms with E-state index in [2.05, 4.69) is 13.8 Å².